The standard InChI is InChI=1S/4C8H17NO4.4C7H15NO4.4C6H13NO4/c4*1-2-9-3-5(10)7(12)8(13)6(11)4-9;4*1-8-2-4(9)6(11)7(12)5(10)3-8;4*8-3-1-7-2-4(9)6(11)5(3)10/h4*5-8,10-13H,2-4H2,1H3;4*4-7,9-12H,2-3H2,1H3;4*3-11H,1-2H2/t5-,6+,7+,8-;5-,6+,7-,8-;5-,6-,7+,8+;5-,6-,7-,8-;4-,5+,6+,7-;4-,5+,6-,7-;4-,5-,6+,7+;4-,5-,6-,7-;3-,4+,5+,6-;3-,4+,5-,6-;3-,4-,5+,6+;3-,4-,5-,6-/m.101.101.101/s1. The Balaban J connectivity index is 0.000000786. The van der Waals surface area contributed by atoms with Crippen molar-refractivity contribution in [3.8, 4) is 0 Å². The molecule has 60 nitrogen and oxygen atoms in total. The van der Waals surface area contributed by atoms with Gasteiger partial charge in [-0.15, -0.1) is 0 Å². The van der Waals surface area contributed by atoms with Gasteiger partial charge in [0, 0.05) is 157 Å². The molecule has 0 saturated carbocycles. The Morgan fingerprint density at radius 2 is 0.194 bits per heavy atom. The molecule has 52 N–H and O–H groups in total. The average molecular weight is 2130 g/mol. The minimum Gasteiger partial charge on any atom is -0.389 e. The highest BCUT2D eigenvalue weighted by Gasteiger charge is 2.45. The third-order valence-corrected chi connectivity index (χ3v) is 25.8. The third-order valence-electron chi connectivity index (χ3n) is 25.8. The zero-order valence-electron chi connectivity index (χ0n) is 82.6. The quantitative estimate of drug-likeness (QED) is 0.124. The van der Waals surface area contributed by atoms with Crippen LogP contribution in [-0.4, -0.2) is 789 Å². The fourth-order valence-corrected chi connectivity index (χ4v) is 16.0. The summed E-state index contributed by atoms with van der Waals surface area (Å²) in [6, 6.07) is 0. The zero-order valence-corrected chi connectivity index (χ0v) is 82.6. The van der Waals surface area contributed by atoms with E-state index >= 15 is 0 Å². The van der Waals surface area contributed by atoms with Gasteiger partial charge in [-0.1, -0.05) is 27.7 Å². The van der Waals surface area contributed by atoms with Crippen molar-refractivity contribution < 1.29 is 245 Å². The molecule has 60 heteroatoms. The van der Waals surface area contributed by atoms with Crippen LogP contribution in [0.2, 0.25) is 0 Å². The van der Waals surface area contributed by atoms with E-state index in [0.717, 1.165) is 0 Å². The van der Waals surface area contributed by atoms with Crippen LogP contribution in [0.1, 0.15) is 27.7 Å². The molecule has 0 aromatic heterocycles. The van der Waals surface area contributed by atoms with Crippen LogP contribution in [0.4, 0.5) is 0 Å². The Hall–Kier alpha value is -2.40. The number of likely N-dealkylation sites (N-methyl/N-ethyl adjacent to an activating group) is 8. The summed E-state index contributed by atoms with van der Waals surface area (Å²) in [5.74, 6) is 0. The maximum atomic E-state index is 9.38. The molecule has 0 aromatic rings. The number of nitrogens with one attached hydrogen (secondary N) is 4. The smallest absolute Gasteiger partial charge is 0.110 e. The Kier molecular flexibility index (Phi) is 68.0. The molecule has 12 heterocycles. The molecular formula is C84H180N12O48. The van der Waals surface area contributed by atoms with Crippen LogP contribution in [0.3, 0.4) is 0 Å². The third kappa shape index (κ3) is 47.5. The van der Waals surface area contributed by atoms with Crippen molar-refractivity contribution in [2.45, 2.75) is 321 Å². The molecule has 12 saturated heterocycles. The minimum atomic E-state index is -1.26. The molecule has 0 radical (unpaired) electrons. The van der Waals surface area contributed by atoms with E-state index in [4.69, 9.17) is 81.7 Å². The summed E-state index contributed by atoms with van der Waals surface area (Å²) in [5, 5.41) is 454. The lowest BCUT2D eigenvalue weighted by molar-refractivity contribution is -0.0894. The molecule has 0 spiro atoms. The van der Waals surface area contributed by atoms with E-state index in [9.17, 15) is 163 Å². The van der Waals surface area contributed by atoms with Crippen LogP contribution < -0.4 is 21.3 Å². The van der Waals surface area contributed by atoms with Crippen molar-refractivity contribution in [3.63, 3.8) is 0 Å². The Morgan fingerprint density at radius 3 is 0.271 bits per heavy atom. The summed E-state index contributed by atoms with van der Waals surface area (Å²) in [6.07, 6.45) is -54.3. The monoisotopic (exact) mass is 2130 g/mol. The van der Waals surface area contributed by atoms with Gasteiger partial charge in [0.15, 0.2) is 0 Å². The lowest BCUT2D eigenvalue weighted by Gasteiger charge is -2.21. The van der Waals surface area contributed by atoms with Crippen molar-refractivity contribution in [2.24, 2.45) is 0 Å². The molecular weight excluding hydrogens is 1940 g/mol. The topological polar surface area (TPSA) is 1050 Å². The number of hydrogen-bond acceptors (Lipinski definition) is 60. The Morgan fingerprint density at radius 1 is 0.125 bits per heavy atom. The normalized spacial score (nSPS) is 45.2. The van der Waals surface area contributed by atoms with Gasteiger partial charge < -0.3 is 286 Å². The molecule has 144 heavy (non-hydrogen) atoms. The van der Waals surface area contributed by atoms with Crippen LogP contribution in [-0.2, 0) is 0 Å². The predicted molar refractivity (Wildman–Crippen MR) is 498 cm³/mol. The second-order valence-electron chi connectivity index (χ2n) is 38.3. The van der Waals surface area contributed by atoms with Crippen molar-refractivity contribution in [2.75, 3.05) is 211 Å². The molecule has 12 rings (SSSR count). The zero-order chi connectivity index (χ0) is 111. The van der Waals surface area contributed by atoms with E-state index in [1.807, 2.05) is 27.7 Å². The molecule has 0 aliphatic carbocycles. The highest BCUT2D eigenvalue weighted by molar-refractivity contribution is 4.97. The summed E-state index contributed by atoms with van der Waals surface area (Å²) in [6.45, 7) is 16.1. The first-order chi connectivity index (χ1) is 66.8. The largest absolute Gasteiger partial charge is 0.389 e. The van der Waals surface area contributed by atoms with Crippen LogP contribution in [0.15, 0.2) is 0 Å². The maximum absolute atomic E-state index is 9.38. The summed E-state index contributed by atoms with van der Waals surface area (Å²) in [7, 11) is 6.82. The molecule has 12 aliphatic rings. The maximum Gasteiger partial charge on any atom is 0.110 e. The van der Waals surface area contributed by atoms with Gasteiger partial charge in [0.1, 0.15) is 146 Å². The number of nitrogens with zero attached hydrogens (tertiary/aromatic N) is 8. The number of β-amino-alcohol motifs (C(OH)–C–C–N with tert-alkyl or cyclic N) is 24. The minimum absolute atomic E-state index is 0.190. The highest BCUT2D eigenvalue weighted by Crippen LogP contribution is 2.22. The fourth-order valence-electron chi connectivity index (χ4n) is 16.0. The van der Waals surface area contributed by atoms with Crippen LogP contribution in [0.25, 0.3) is 0 Å². The molecule has 864 valence electrons. The number of rotatable bonds is 4. The molecule has 12 fully saturated rings. The van der Waals surface area contributed by atoms with Crippen molar-refractivity contribution in [1.29, 1.82) is 0 Å². The number of likely N-dealkylation sites (tertiary alicyclic amines) is 8. The van der Waals surface area contributed by atoms with E-state index in [2.05, 4.69) is 21.3 Å². The van der Waals surface area contributed by atoms with Crippen molar-refractivity contribution in [1.82, 2.24) is 60.5 Å². The Bertz CT molecular complexity index is 2660. The highest BCUT2D eigenvalue weighted by atomic mass is 16.5. The van der Waals surface area contributed by atoms with Gasteiger partial charge >= 0.3 is 0 Å². The first kappa shape index (κ1) is 140. The molecule has 12 aliphatic heterocycles. The van der Waals surface area contributed by atoms with E-state index in [0.29, 0.717) is 26.2 Å². The average Bonchev–Trinajstić information content (AvgIpc) is 1.70. The SMILES string of the molecule is CCN1C[C@@H](O)[C@@H](O)[C@H](O)[C@@H](O)C1.CCN1C[C@@H](O)[C@@H](O)[C@H](O)[C@H](O)C1.CCN1C[C@@H](O)[C@H](O)[C@H](O)[C@@H](O)C1.CCN1C[C@H](O)[C@@H](O)[C@H](O)[C@@H](O)C1.CN1C[C@@H](O)[C@@H](O)[C@H](O)[C@@H](O)C1.CN1C[C@@H](O)[C@@H](O)[C@H](O)[C@H](O)C1.CN1C[C@@H](O)[C@H](O)[C@H](O)[C@@H](O)C1.CN1C[C@H](O)[C@@H](O)[C@H](O)[C@@H](O)C1.O[C@@H]1[C@H](O)[C@@H](O)CNC[C@H]1O.O[C@H]1[C@H](O)[C@@H](O)CNC[C@@H]1O.O[C@H]1[C@H](O)[C@@H](O)CNC[C@H]1O.O[C@H]1[C@H](O)[C@H](O)CNC[C@H]1O. The second kappa shape index (κ2) is 70.2. The van der Waals surface area contributed by atoms with Crippen molar-refractivity contribution in [3.05, 3.63) is 0 Å². The predicted octanol–water partition coefficient (Wildman–Crippen LogP) is -31.3. The van der Waals surface area contributed by atoms with E-state index < -0.39 is 293 Å². The summed E-state index contributed by atoms with van der Waals surface area (Å²) >= 11 is 0. The van der Waals surface area contributed by atoms with Crippen LogP contribution in [0, 0.1) is 0 Å². The van der Waals surface area contributed by atoms with E-state index in [1.165, 1.54) is 0 Å². The first-order valence-corrected chi connectivity index (χ1v) is 48.0. The molecule has 0 unspecified atom stereocenters. The number of aliphatic hydroxyl groups excluding tert-OH is 48. The first-order valence-electron chi connectivity index (χ1n) is 48.0. The van der Waals surface area contributed by atoms with Gasteiger partial charge in [0.2, 0.25) is 0 Å². The summed E-state index contributed by atoms with van der Waals surface area (Å²) in [5.41, 5.74) is 0. The molecule has 0 bridgehead atoms. The van der Waals surface area contributed by atoms with Gasteiger partial charge in [0.05, 0.1) is 146 Å². The van der Waals surface area contributed by atoms with Gasteiger partial charge in [-0.3, -0.25) is 19.6 Å². The second-order valence-corrected chi connectivity index (χ2v) is 38.3. The fraction of sp³-hybridized carbons (Fsp3) is 1.00. The molecule has 0 amide bonds. The summed E-state index contributed by atoms with van der Waals surface area (Å²) < 4.78 is 0. The van der Waals surface area contributed by atoms with Crippen LogP contribution >= 0.6 is 0 Å². The molecule has 0 aromatic carbocycles. The number of aliphatic hydroxyl groups is 48. The number of hydrogen-bond donors (Lipinski definition) is 52. The van der Waals surface area contributed by atoms with Gasteiger partial charge in [-0.2, -0.15) is 0 Å². The summed E-state index contributed by atoms with van der Waals surface area (Å²) in [4.78, 5) is 13.8. The van der Waals surface area contributed by atoms with Crippen LogP contribution in [0.5, 0.6) is 0 Å². The van der Waals surface area contributed by atoms with Gasteiger partial charge in [0.25, 0.3) is 0 Å². The Labute approximate surface area is 834 Å². The lowest BCUT2D eigenvalue weighted by atomic mass is 10.1. The van der Waals surface area contributed by atoms with Gasteiger partial charge in [-0.05, 0) is 54.4 Å². The van der Waals surface area contributed by atoms with Gasteiger partial charge in [-0.25, -0.2) is 0 Å². The molecule has 48 atom stereocenters. The van der Waals surface area contributed by atoms with E-state index in [-0.39, 0.29) is 157 Å². The lowest BCUT2D eigenvalue weighted by Crippen LogP contribution is -2.43. The van der Waals surface area contributed by atoms with Crippen molar-refractivity contribution >= 4 is 0 Å². The van der Waals surface area contributed by atoms with E-state index in [1.54, 1.807) is 67.4 Å².